The summed E-state index contributed by atoms with van der Waals surface area (Å²) in [5.41, 5.74) is 3.49. The number of ether oxygens (including phenoxy) is 2. The zero-order valence-corrected chi connectivity index (χ0v) is 17.4. The molecule has 0 spiro atoms. The molecule has 1 N–H and O–H groups in total. The van der Waals surface area contributed by atoms with Crippen LogP contribution in [0.5, 0.6) is 11.5 Å². The van der Waals surface area contributed by atoms with E-state index in [9.17, 15) is 4.79 Å². The van der Waals surface area contributed by atoms with Gasteiger partial charge in [0.25, 0.3) is 0 Å². The van der Waals surface area contributed by atoms with E-state index in [0.717, 1.165) is 36.7 Å². The van der Waals surface area contributed by atoms with Gasteiger partial charge in [0.05, 0.1) is 13.0 Å². The lowest BCUT2D eigenvalue weighted by molar-refractivity contribution is -0.137. The molecule has 0 fully saturated rings. The molecule has 3 aromatic carbocycles. The molecule has 5 nitrogen and oxygen atoms in total. The van der Waals surface area contributed by atoms with Gasteiger partial charge in [0.2, 0.25) is 0 Å². The van der Waals surface area contributed by atoms with Crippen LogP contribution in [0.3, 0.4) is 0 Å². The number of hydrogen-bond acceptors (Lipinski definition) is 4. The summed E-state index contributed by atoms with van der Waals surface area (Å²) < 4.78 is 11.7. The number of rotatable bonds is 10. The highest BCUT2D eigenvalue weighted by Gasteiger charge is 2.26. The Morgan fingerprint density at radius 2 is 1.61 bits per heavy atom. The van der Waals surface area contributed by atoms with Gasteiger partial charge in [-0.1, -0.05) is 66.7 Å². The van der Waals surface area contributed by atoms with Gasteiger partial charge in [-0.05, 0) is 17.2 Å². The number of fused-ring (bicyclic) bond motifs is 1. The van der Waals surface area contributed by atoms with E-state index in [-0.39, 0.29) is 12.3 Å². The van der Waals surface area contributed by atoms with Gasteiger partial charge in [0.15, 0.2) is 0 Å². The number of hydrogen-bond donors (Lipinski definition) is 1. The first kappa shape index (κ1) is 20.9. The largest absolute Gasteiger partial charge is 0.492 e. The molecule has 1 aliphatic heterocycles. The molecule has 5 heteroatoms. The van der Waals surface area contributed by atoms with Crippen molar-refractivity contribution >= 4 is 5.97 Å². The fraction of sp³-hybridized carbons (Fsp3) is 0.269. The van der Waals surface area contributed by atoms with E-state index in [2.05, 4.69) is 53.4 Å². The average molecular weight is 418 g/mol. The zero-order valence-electron chi connectivity index (χ0n) is 17.4. The molecule has 0 saturated heterocycles. The van der Waals surface area contributed by atoms with Gasteiger partial charge in [-0.25, -0.2) is 0 Å². The normalized spacial score (nSPS) is 14.8. The summed E-state index contributed by atoms with van der Waals surface area (Å²) in [5, 5.41) is 9.05. The summed E-state index contributed by atoms with van der Waals surface area (Å²) in [6.45, 7) is 3.44. The molecule has 0 aliphatic carbocycles. The van der Waals surface area contributed by atoms with Crippen molar-refractivity contribution in [3.8, 4) is 11.5 Å². The van der Waals surface area contributed by atoms with Gasteiger partial charge in [0, 0.05) is 37.2 Å². The number of carbonyl (C=O) groups is 1. The molecule has 1 heterocycles. The van der Waals surface area contributed by atoms with E-state index in [0.29, 0.717) is 13.2 Å². The molecule has 31 heavy (non-hydrogen) atoms. The minimum atomic E-state index is -0.807. The standard InChI is InChI=1S/C26H27NO4/c28-26(29)15-22-19-31-25-16-23(11-12-24(22)25)30-14-13-27(17-20-7-3-1-4-8-20)18-21-9-5-2-6-10-21/h1-12,16,22H,13-15,17-19H2,(H,28,29). The summed E-state index contributed by atoms with van der Waals surface area (Å²) in [4.78, 5) is 13.4. The molecule has 1 atom stereocenters. The van der Waals surface area contributed by atoms with E-state index in [1.165, 1.54) is 11.1 Å². The second-order valence-corrected chi connectivity index (χ2v) is 7.84. The summed E-state index contributed by atoms with van der Waals surface area (Å²) in [6, 6.07) is 26.6. The fourth-order valence-corrected chi connectivity index (χ4v) is 3.92. The van der Waals surface area contributed by atoms with Crippen molar-refractivity contribution in [3.63, 3.8) is 0 Å². The average Bonchev–Trinajstić information content (AvgIpc) is 3.16. The summed E-state index contributed by atoms with van der Waals surface area (Å²) in [6.07, 6.45) is 0.0845. The molecule has 1 aliphatic rings. The van der Waals surface area contributed by atoms with Crippen molar-refractivity contribution in [1.82, 2.24) is 4.90 Å². The molecule has 0 saturated carbocycles. The predicted octanol–water partition coefficient (Wildman–Crippen LogP) is 4.72. The van der Waals surface area contributed by atoms with Crippen LogP contribution in [0, 0.1) is 0 Å². The number of nitrogens with zero attached hydrogens (tertiary/aromatic N) is 1. The van der Waals surface area contributed by atoms with Crippen LogP contribution in [0.1, 0.15) is 29.0 Å². The Morgan fingerprint density at radius 3 is 2.23 bits per heavy atom. The van der Waals surface area contributed by atoms with E-state index in [1.54, 1.807) is 0 Å². The maximum Gasteiger partial charge on any atom is 0.304 e. The van der Waals surface area contributed by atoms with Gasteiger partial charge in [0.1, 0.15) is 18.1 Å². The van der Waals surface area contributed by atoms with Crippen molar-refractivity contribution in [2.24, 2.45) is 0 Å². The molecule has 160 valence electrons. The molecular formula is C26H27NO4. The summed E-state index contributed by atoms with van der Waals surface area (Å²) >= 11 is 0. The van der Waals surface area contributed by atoms with Crippen LogP contribution in [-0.2, 0) is 17.9 Å². The third-order valence-electron chi connectivity index (χ3n) is 5.46. The highest BCUT2D eigenvalue weighted by atomic mass is 16.5. The second-order valence-electron chi connectivity index (χ2n) is 7.84. The first-order valence-electron chi connectivity index (χ1n) is 10.6. The Kier molecular flexibility index (Phi) is 6.85. The highest BCUT2D eigenvalue weighted by Crippen LogP contribution is 2.38. The lowest BCUT2D eigenvalue weighted by atomic mass is 9.98. The van der Waals surface area contributed by atoms with Crippen LogP contribution in [0.2, 0.25) is 0 Å². The first-order valence-corrected chi connectivity index (χ1v) is 10.6. The lowest BCUT2D eigenvalue weighted by Gasteiger charge is -2.23. The van der Waals surface area contributed by atoms with Crippen LogP contribution < -0.4 is 9.47 Å². The van der Waals surface area contributed by atoms with Crippen molar-refractivity contribution in [3.05, 3.63) is 95.6 Å². The monoisotopic (exact) mass is 417 g/mol. The van der Waals surface area contributed by atoms with Gasteiger partial charge in [-0.3, -0.25) is 9.69 Å². The summed E-state index contributed by atoms with van der Waals surface area (Å²) in [7, 11) is 0. The van der Waals surface area contributed by atoms with Crippen LogP contribution >= 0.6 is 0 Å². The molecule has 0 bridgehead atoms. The van der Waals surface area contributed by atoms with Gasteiger partial charge in [-0.15, -0.1) is 0 Å². The highest BCUT2D eigenvalue weighted by molar-refractivity contribution is 5.68. The molecular weight excluding hydrogens is 390 g/mol. The molecule has 3 aromatic rings. The minimum absolute atomic E-state index is 0.0845. The second kappa shape index (κ2) is 10.1. The Balaban J connectivity index is 1.36. The van der Waals surface area contributed by atoms with Crippen molar-refractivity contribution in [2.45, 2.75) is 25.4 Å². The van der Waals surface area contributed by atoms with E-state index < -0.39 is 5.97 Å². The Bertz CT molecular complexity index is 949. The molecule has 0 aromatic heterocycles. The van der Waals surface area contributed by atoms with Crippen LogP contribution in [0.4, 0.5) is 0 Å². The number of carboxylic acid groups (broad SMARTS) is 1. The third-order valence-corrected chi connectivity index (χ3v) is 5.46. The summed E-state index contributed by atoms with van der Waals surface area (Å²) in [5.74, 6) is 0.579. The van der Waals surface area contributed by atoms with Crippen LogP contribution in [0.25, 0.3) is 0 Å². The number of carboxylic acids is 1. The maximum atomic E-state index is 11.0. The quantitative estimate of drug-likeness (QED) is 0.517. The molecule has 0 amide bonds. The smallest absolute Gasteiger partial charge is 0.304 e. The van der Waals surface area contributed by atoms with Gasteiger partial charge >= 0.3 is 5.97 Å². The number of aliphatic carboxylic acids is 1. The Morgan fingerprint density at radius 1 is 0.968 bits per heavy atom. The van der Waals surface area contributed by atoms with E-state index >= 15 is 0 Å². The third kappa shape index (κ3) is 5.86. The topological polar surface area (TPSA) is 59.0 Å². The minimum Gasteiger partial charge on any atom is -0.492 e. The van der Waals surface area contributed by atoms with E-state index in [4.69, 9.17) is 14.6 Å². The Hall–Kier alpha value is -3.31. The molecule has 1 unspecified atom stereocenters. The van der Waals surface area contributed by atoms with Gasteiger partial charge in [-0.2, -0.15) is 0 Å². The predicted molar refractivity (Wildman–Crippen MR) is 119 cm³/mol. The number of benzene rings is 3. The van der Waals surface area contributed by atoms with Crippen LogP contribution in [0.15, 0.2) is 78.9 Å². The SMILES string of the molecule is O=C(O)CC1COc2cc(OCCN(Cc3ccccc3)Cc3ccccc3)ccc21. The fourth-order valence-electron chi connectivity index (χ4n) is 3.92. The zero-order chi connectivity index (χ0) is 21.5. The lowest BCUT2D eigenvalue weighted by Crippen LogP contribution is -2.27. The first-order chi connectivity index (χ1) is 15.2. The van der Waals surface area contributed by atoms with Crippen LogP contribution in [-0.4, -0.2) is 35.7 Å². The van der Waals surface area contributed by atoms with Crippen molar-refractivity contribution < 1.29 is 19.4 Å². The van der Waals surface area contributed by atoms with Crippen molar-refractivity contribution in [2.75, 3.05) is 19.8 Å². The van der Waals surface area contributed by atoms with Crippen molar-refractivity contribution in [1.29, 1.82) is 0 Å². The van der Waals surface area contributed by atoms with E-state index in [1.807, 2.05) is 30.3 Å². The Labute approximate surface area is 182 Å². The molecule has 4 rings (SSSR count). The van der Waals surface area contributed by atoms with Gasteiger partial charge < -0.3 is 14.6 Å². The molecule has 0 radical (unpaired) electrons. The maximum absolute atomic E-state index is 11.0.